The van der Waals surface area contributed by atoms with Gasteiger partial charge >= 0.3 is 6.18 Å². The molecule has 1 saturated carbocycles. The molecule has 1 aromatic heterocycles. The molecule has 1 aliphatic carbocycles. The minimum Gasteiger partial charge on any atom is -0.349 e. The number of carbonyl (C=O) groups excluding carboxylic acids is 1. The van der Waals surface area contributed by atoms with Gasteiger partial charge in [0.05, 0.1) is 5.92 Å². The predicted octanol–water partition coefficient (Wildman–Crippen LogP) is 3.60. The van der Waals surface area contributed by atoms with Crippen molar-refractivity contribution in [3.8, 4) is 0 Å². The first-order valence-electron chi connectivity index (χ1n) is 5.88. The Kier molecular flexibility index (Phi) is 3.94. The number of hydrogen-bond donors (Lipinski definition) is 1. The van der Waals surface area contributed by atoms with Crippen LogP contribution in [0.3, 0.4) is 0 Å². The standard InChI is InChI=1S/C12H14F3NOS/c13-12(14,15)9-3-1-2-4-10(9)16-11(17)8-5-6-18-7-8/h5-7,9-10H,1-4H2,(H,16,17)/t9-,10-/m1/s1. The summed E-state index contributed by atoms with van der Waals surface area (Å²) in [6.07, 6.45) is -2.40. The second-order valence-corrected chi connectivity index (χ2v) is 5.30. The summed E-state index contributed by atoms with van der Waals surface area (Å²) in [6, 6.07) is 0.831. The van der Waals surface area contributed by atoms with E-state index in [1.165, 1.54) is 11.3 Å². The Balaban J connectivity index is 2.04. The smallest absolute Gasteiger partial charge is 0.349 e. The molecule has 0 spiro atoms. The number of carbonyl (C=O) groups is 1. The zero-order chi connectivity index (χ0) is 13.2. The van der Waals surface area contributed by atoms with Crippen molar-refractivity contribution in [1.82, 2.24) is 5.32 Å². The van der Waals surface area contributed by atoms with E-state index in [9.17, 15) is 18.0 Å². The Morgan fingerprint density at radius 1 is 1.33 bits per heavy atom. The molecule has 1 heterocycles. The van der Waals surface area contributed by atoms with E-state index in [1.807, 2.05) is 0 Å². The molecule has 1 aromatic rings. The van der Waals surface area contributed by atoms with Crippen molar-refractivity contribution in [2.24, 2.45) is 5.92 Å². The molecule has 0 bridgehead atoms. The van der Waals surface area contributed by atoms with Crippen LogP contribution >= 0.6 is 11.3 Å². The van der Waals surface area contributed by atoms with Crippen LogP contribution in [0.4, 0.5) is 13.2 Å². The molecule has 0 saturated heterocycles. The second-order valence-electron chi connectivity index (χ2n) is 4.52. The molecule has 0 unspecified atom stereocenters. The molecule has 1 amide bonds. The number of halogens is 3. The number of amides is 1. The minimum absolute atomic E-state index is 0.109. The van der Waals surface area contributed by atoms with E-state index in [0.29, 0.717) is 18.4 Å². The zero-order valence-electron chi connectivity index (χ0n) is 9.67. The van der Waals surface area contributed by atoms with Gasteiger partial charge in [0.1, 0.15) is 0 Å². The van der Waals surface area contributed by atoms with Gasteiger partial charge in [-0.2, -0.15) is 24.5 Å². The van der Waals surface area contributed by atoms with Gasteiger partial charge in [0.15, 0.2) is 0 Å². The summed E-state index contributed by atoms with van der Waals surface area (Å²) in [7, 11) is 0. The van der Waals surface area contributed by atoms with Crippen molar-refractivity contribution in [1.29, 1.82) is 0 Å². The van der Waals surface area contributed by atoms with Crippen LogP contribution in [0, 0.1) is 5.92 Å². The van der Waals surface area contributed by atoms with Crippen LogP contribution in [0.15, 0.2) is 16.8 Å². The summed E-state index contributed by atoms with van der Waals surface area (Å²) in [5, 5.41) is 5.90. The Morgan fingerprint density at radius 3 is 2.67 bits per heavy atom. The number of thiophene rings is 1. The quantitative estimate of drug-likeness (QED) is 0.879. The maximum absolute atomic E-state index is 12.8. The lowest BCUT2D eigenvalue weighted by Gasteiger charge is -2.33. The van der Waals surface area contributed by atoms with E-state index < -0.39 is 24.0 Å². The molecule has 18 heavy (non-hydrogen) atoms. The van der Waals surface area contributed by atoms with Crippen molar-refractivity contribution in [2.75, 3.05) is 0 Å². The van der Waals surface area contributed by atoms with E-state index in [1.54, 1.807) is 16.8 Å². The largest absolute Gasteiger partial charge is 0.393 e. The molecule has 6 heteroatoms. The van der Waals surface area contributed by atoms with E-state index >= 15 is 0 Å². The first-order chi connectivity index (χ1) is 8.48. The molecule has 2 atom stereocenters. The lowest BCUT2D eigenvalue weighted by molar-refractivity contribution is -0.187. The predicted molar refractivity (Wildman–Crippen MR) is 63.6 cm³/mol. The summed E-state index contributed by atoms with van der Waals surface area (Å²) in [4.78, 5) is 11.8. The Hall–Kier alpha value is -1.04. The van der Waals surface area contributed by atoms with Crippen molar-refractivity contribution in [2.45, 2.75) is 37.9 Å². The van der Waals surface area contributed by atoms with Gasteiger partial charge in [-0.15, -0.1) is 0 Å². The first kappa shape index (κ1) is 13.4. The fraction of sp³-hybridized carbons (Fsp3) is 0.583. The van der Waals surface area contributed by atoms with E-state index in [2.05, 4.69) is 5.32 Å². The Labute approximate surface area is 107 Å². The van der Waals surface area contributed by atoms with E-state index in [-0.39, 0.29) is 6.42 Å². The van der Waals surface area contributed by atoms with Gasteiger partial charge in [-0.05, 0) is 24.3 Å². The third-order valence-corrected chi connectivity index (χ3v) is 3.97. The van der Waals surface area contributed by atoms with Gasteiger partial charge in [-0.1, -0.05) is 12.8 Å². The monoisotopic (exact) mass is 277 g/mol. The molecule has 1 fully saturated rings. The molecule has 1 N–H and O–H groups in total. The highest BCUT2D eigenvalue weighted by Crippen LogP contribution is 2.37. The van der Waals surface area contributed by atoms with Crippen LogP contribution in [0.5, 0.6) is 0 Å². The average molecular weight is 277 g/mol. The summed E-state index contributed by atoms with van der Waals surface area (Å²) in [6.45, 7) is 0. The molecule has 2 rings (SSSR count). The first-order valence-corrected chi connectivity index (χ1v) is 6.82. The SMILES string of the molecule is O=C(N[C@@H]1CCCC[C@H]1C(F)(F)F)c1ccsc1. The van der Waals surface area contributed by atoms with E-state index in [0.717, 1.165) is 6.42 Å². The van der Waals surface area contributed by atoms with Crippen molar-refractivity contribution >= 4 is 17.2 Å². The van der Waals surface area contributed by atoms with Crippen LogP contribution in [-0.2, 0) is 0 Å². The Morgan fingerprint density at radius 2 is 2.06 bits per heavy atom. The molecule has 0 aromatic carbocycles. The molecule has 1 aliphatic rings. The summed E-state index contributed by atoms with van der Waals surface area (Å²) < 4.78 is 38.5. The van der Waals surface area contributed by atoms with Gasteiger partial charge in [0.25, 0.3) is 5.91 Å². The van der Waals surface area contributed by atoms with Crippen LogP contribution in [0.1, 0.15) is 36.0 Å². The maximum Gasteiger partial charge on any atom is 0.393 e. The number of rotatable bonds is 2. The normalized spacial score (nSPS) is 24.8. The summed E-state index contributed by atoms with van der Waals surface area (Å²) in [5.41, 5.74) is 0.437. The van der Waals surface area contributed by atoms with E-state index in [4.69, 9.17) is 0 Å². The third kappa shape index (κ3) is 3.04. The van der Waals surface area contributed by atoms with Crippen LogP contribution in [-0.4, -0.2) is 18.1 Å². The number of hydrogen-bond acceptors (Lipinski definition) is 2. The lowest BCUT2D eigenvalue weighted by Crippen LogP contribution is -2.47. The molecular weight excluding hydrogens is 263 g/mol. The zero-order valence-corrected chi connectivity index (χ0v) is 10.5. The average Bonchev–Trinajstić information content (AvgIpc) is 2.81. The summed E-state index contributed by atoms with van der Waals surface area (Å²) in [5.74, 6) is -1.81. The highest BCUT2D eigenvalue weighted by atomic mass is 32.1. The van der Waals surface area contributed by atoms with Crippen LogP contribution < -0.4 is 5.32 Å². The topological polar surface area (TPSA) is 29.1 Å². The Bertz CT molecular complexity index is 402. The molecular formula is C12H14F3NOS. The molecule has 0 aliphatic heterocycles. The van der Waals surface area contributed by atoms with Gasteiger partial charge in [0, 0.05) is 17.0 Å². The van der Waals surface area contributed by atoms with Crippen molar-refractivity contribution < 1.29 is 18.0 Å². The van der Waals surface area contributed by atoms with Crippen molar-refractivity contribution in [3.05, 3.63) is 22.4 Å². The van der Waals surface area contributed by atoms with Crippen molar-refractivity contribution in [3.63, 3.8) is 0 Å². The third-order valence-electron chi connectivity index (χ3n) is 3.29. The van der Waals surface area contributed by atoms with Gasteiger partial charge in [-0.3, -0.25) is 4.79 Å². The van der Waals surface area contributed by atoms with Crippen LogP contribution in [0.25, 0.3) is 0 Å². The fourth-order valence-corrected chi connectivity index (χ4v) is 2.98. The lowest BCUT2D eigenvalue weighted by atomic mass is 9.84. The number of nitrogens with one attached hydrogen (secondary N) is 1. The van der Waals surface area contributed by atoms with Crippen LogP contribution in [0.2, 0.25) is 0 Å². The maximum atomic E-state index is 12.8. The number of alkyl halides is 3. The fourth-order valence-electron chi connectivity index (χ4n) is 2.34. The van der Waals surface area contributed by atoms with Gasteiger partial charge in [-0.25, -0.2) is 0 Å². The van der Waals surface area contributed by atoms with Gasteiger partial charge < -0.3 is 5.32 Å². The molecule has 2 nitrogen and oxygen atoms in total. The minimum atomic E-state index is -4.23. The summed E-state index contributed by atoms with van der Waals surface area (Å²) >= 11 is 1.35. The van der Waals surface area contributed by atoms with Gasteiger partial charge in [0.2, 0.25) is 0 Å². The molecule has 100 valence electrons. The highest BCUT2D eigenvalue weighted by molar-refractivity contribution is 7.08. The second kappa shape index (κ2) is 5.30. The molecule has 0 radical (unpaired) electrons. The highest BCUT2D eigenvalue weighted by Gasteiger charge is 2.45.